The van der Waals surface area contributed by atoms with Gasteiger partial charge in [-0.15, -0.1) is 68.3 Å². The van der Waals surface area contributed by atoms with Crippen LogP contribution in [0.4, 0.5) is 0 Å². The summed E-state index contributed by atoms with van der Waals surface area (Å²) < 4.78 is 0. The molecule has 0 aromatic heterocycles. The van der Waals surface area contributed by atoms with Crippen molar-refractivity contribution in [3.8, 4) is 22.3 Å². The first-order valence-corrected chi connectivity index (χ1v) is 35.8. The van der Waals surface area contributed by atoms with Crippen LogP contribution in [0.2, 0.25) is 90.7 Å². The summed E-state index contributed by atoms with van der Waals surface area (Å²) in [7, 11) is -8.02. The summed E-state index contributed by atoms with van der Waals surface area (Å²) in [5, 5.41) is 15.2. The molecule has 0 amide bonds. The Morgan fingerprint density at radius 1 is 0.426 bits per heavy atom. The summed E-state index contributed by atoms with van der Waals surface area (Å²) >= 11 is 0. The van der Waals surface area contributed by atoms with Crippen LogP contribution in [0.3, 0.4) is 0 Å². The third-order valence-corrected chi connectivity index (χ3v) is 25.1. The SMILES string of the molecule is CC[Si](CC)(c1cc2c(-c3cc([Si](C)(C)C)cc([Si](C)(C)C)c3)cccc2[cH-]1)c1cc2c(-c3cc([Si](C)(C)C)cc([Si](C)(C)C)c3)cccc2[cH-]1.[CH3-].[CH3-].[Hf+4]. The molecule has 0 aliphatic carbocycles. The van der Waals surface area contributed by atoms with Gasteiger partial charge in [-0.05, 0) is 11.1 Å². The molecule has 0 aliphatic heterocycles. The molecule has 0 atom stereocenters. The Balaban J connectivity index is 0.00000261. The van der Waals surface area contributed by atoms with Crippen molar-refractivity contribution in [2.75, 3.05) is 0 Å². The van der Waals surface area contributed by atoms with Gasteiger partial charge in [-0.2, -0.15) is 12.1 Å². The zero-order valence-corrected chi connectivity index (χ0v) is 45.2. The zero-order valence-electron chi connectivity index (χ0n) is 36.7. The Morgan fingerprint density at radius 2 is 0.722 bits per heavy atom. The molecule has 0 saturated heterocycles. The fourth-order valence-corrected chi connectivity index (χ4v) is 17.2. The van der Waals surface area contributed by atoms with E-state index in [2.05, 4.69) is 189 Å². The predicted octanol–water partition coefficient (Wildman–Crippen LogP) is 11.4. The van der Waals surface area contributed by atoms with Gasteiger partial charge in [0.25, 0.3) is 0 Å². The topological polar surface area (TPSA) is 0 Å². The van der Waals surface area contributed by atoms with Gasteiger partial charge in [-0.25, -0.2) is 0 Å². The summed E-state index contributed by atoms with van der Waals surface area (Å²) in [5.41, 5.74) is 5.64. The smallest absolute Gasteiger partial charge is 0.358 e. The van der Waals surface area contributed by atoms with E-state index in [4.69, 9.17) is 0 Å². The number of fused-ring (bicyclic) bond motifs is 2. The Labute approximate surface area is 354 Å². The molecule has 0 radical (unpaired) electrons. The minimum absolute atomic E-state index is 0. The molecule has 0 fully saturated rings. The summed E-state index contributed by atoms with van der Waals surface area (Å²) in [5.74, 6) is 0. The van der Waals surface area contributed by atoms with Gasteiger partial charge in [-0.3, -0.25) is 0 Å². The molecule has 6 aromatic rings. The first-order valence-electron chi connectivity index (χ1n) is 19.4. The van der Waals surface area contributed by atoms with Crippen LogP contribution >= 0.6 is 0 Å². The number of rotatable bonds is 10. The molecule has 284 valence electrons. The summed E-state index contributed by atoms with van der Waals surface area (Å²) in [6.07, 6.45) is 0. The molecule has 54 heavy (non-hydrogen) atoms. The monoisotopic (exact) mass is 964 g/mol. The van der Waals surface area contributed by atoms with Crippen LogP contribution in [0, 0.1) is 14.9 Å². The number of hydrogen-bond acceptors (Lipinski definition) is 0. The largest absolute Gasteiger partial charge is 4.00 e. The normalized spacial score (nSPS) is 12.7. The van der Waals surface area contributed by atoms with Crippen LogP contribution < -0.4 is 31.1 Å². The maximum absolute atomic E-state index is 2.62. The van der Waals surface area contributed by atoms with E-state index in [9.17, 15) is 0 Å². The quantitative estimate of drug-likeness (QED) is 0.0948. The number of hydrogen-bond donors (Lipinski definition) is 0. The molecular formula is C48H68HfSi5. The molecule has 0 N–H and O–H groups in total. The van der Waals surface area contributed by atoms with Crippen molar-refractivity contribution >= 4 is 93.0 Å². The standard InChI is InChI=1S/C46H62Si5.2CH3.Hf/c1-15-51(16-2,41-23-33-19-17-21-43(45(33)31-41)35-25-37(47(3,4)5)29-38(26-35)48(6,7)8)42-24-34-20-18-22-44(46(34)32-42)36-27-39(49(9,10)11)30-40(28-36)50(12,13)14;;;/h17-32H,15-16H2,1-14H3;2*1H3;/q-2;2*-1;+4. The van der Waals surface area contributed by atoms with Crippen LogP contribution in [-0.4, -0.2) is 40.4 Å². The van der Waals surface area contributed by atoms with Crippen molar-refractivity contribution in [2.24, 2.45) is 0 Å². The fraction of sp³-hybridized carbons (Fsp3) is 0.333. The van der Waals surface area contributed by atoms with Gasteiger partial charge in [0.2, 0.25) is 0 Å². The van der Waals surface area contributed by atoms with Gasteiger partial charge in [0.05, 0.1) is 40.4 Å². The van der Waals surface area contributed by atoms with Gasteiger partial charge in [0, 0.05) is 0 Å². The second-order valence-electron chi connectivity index (χ2n) is 19.5. The van der Waals surface area contributed by atoms with Gasteiger partial charge >= 0.3 is 25.8 Å². The molecule has 0 unspecified atom stereocenters. The van der Waals surface area contributed by atoms with Crippen LogP contribution in [0.25, 0.3) is 43.8 Å². The molecule has 6 aromatic carbocycles. The van der Waals surface area contributed by atoms with Crippen LogP contribution in [-0.2, 0) is 25.8 Å². The molecule has 0 bridgehead atoms. The third-order valence-electron chi connectivity index (χ3n) is 11.8. The maximum atomic E-state index is 2.62. The zero-order chi connectivity index (χ0) is 37.3. The fourth-order valence-electron chi connectivity index (χ4n) is 8.06. The maximum Gasteiger partial charge on any atom is 4.00 e. The number of benzene rings is 4. The Bertz CT molecular complexity index is 2000. The van der Waals surface area contributed by atoms with E-state index in [-0.39, 0.29) is 40.7 Å². The Hall–Kier alpha value is -1.95. The van der Waals surface area contributed by atoms with E-state index >= 15 is 0 Å². The van der Waals surface area contributed by atoms with E-state index in [1.54, 1.807) is 31.1 Å². The van der Waals surface area contributed by atoms with Gasteiger partial charge < -0.3 is 14.9 Å². The van der Waals surface area contributed by atoms with Crippen molar-refractivity contribution < 1.29 is 25.8 Å². The van der Waals surface area contributed by atoms with Gasteiger partial charge in [-0.1, -0.05) is 185 Å². The first kappa shape index (κ1) is 46.4. The Morgan fingerprint density at radius 3 is 0.981 bits per heavy atom. The molecule has 0 aliphatic rings. The van der Waals surface area contributed by atoms with Crippen LogP contribution in [0.5, 0.6) is 0 Å². The van der Waals surface area contributed by atoms with Crippen molar-refractivity contribution in [2.45, 2.75) is 104 Å². The third kappa shape index (κ3) is 8.94. The van der Waals surface area contributed by atoms with Crippen molar-refractivity contribution in [3.05, 3.63) is 112 Å². The van der Waals surface area contributed by atoms with Gasteiger partial charge in [0.1, 0.15) is 0 Å². The van der Waals surface area contributed by atoms with E-state index in [1.807, 2.05) is 0 Å². The molecular weight excluding hydrogens is 895 g/mol. The van der Waals surface area contributed by atoms with Crippen LogP contribution in [0.15, 0.2) is 97.1 Å². The predicted molar refractivity (Wildman–Crippen MR) is 261 cm³/mol. The van der Waals surface area contributed by atoms with Gasteiger partial charge in [0.15, 0.2) is 0 Å². The van der Waals surface area contributed by atoms with E-state index in [0.29, 0.717) is 0 Å². The molecule has 0 saturated carbocycles. The average Bonchev–Trinajstić information content (AvgIpc) is 3.69. The van der Waals surface area contributed by atoms with E-state index < -0.39 is 40.4 Å². The van der Waals surface area contributed by atoms with Crippen molar-refractivity contribution in [3.63, 3.8) is 0 Å². The summed E-state index contributed by atoms with van der Waals surface area (Å²) in [6, 6.07) is 42.2. The second kappa shape index (κ2) is 16.5. The average molecular weight is 964 g/mol. The molecule has 0 nitrogen and oxygen atoms in total. The molecule has 6 rings (SSSR count). The van der Waals surface area contributed by atoms with E-state index in [0.717, 1.165) is 0 Å². The van der Waals surface area contributed by atoms with Crippen LogP contribution in [0.1, 0.15) is 13.8 Å². The Kier molecular flexibility index (Phi) is 14.2. The molecule has 0 heterocycles. The minimum Gasteiger partial charge on any atom is -0.358 e. The molecule has 6 heteroatoms. The summed E-state index contributed by atoms with van der Waals surface area (Å²) in [6.45, 7) is 34.8. The van der Waals surface area contributed by atoms with Crippen molar-refractivity contribution in [1.29, 1.82) is 0 Å². The summed E-state index contributed by atoms with van der Waals surface area (Å²) in [4.78, 5) is 0. The second-order valence-corrected chi connectivity index (χ2v) is 44.5. The molecule has 0 spiro atoms. The minimum atomic E-state index is -2.05. The van der Waals surface area contributed by atoms with Crippen molar-refractivity contribution in [1.82, 2.24) is 0 Å². The van der Waals surface area contributed by atoms with E-state index in [1.165, 1.54) is 55.9 Å². The first-order chi connectivity index (χ1) is 23.7.